The number of carbonyl (C=O) groups is 1. The van der Waals surface area contributed by atoms with Gasteiger partial charge in [-0.15, -0.1) is 0 Å². The third kappa shape index (κ3) is 4.69. The molecule has 0 saturated carbocycles. The summed E-state index contributed by atoms with van der Waals surface area (Å²) >= 11 is 0. The van der Waals surface area contributed by atoms with Crippen molar-refractivity contribution < 1.29 is 33.2 Å². The van der Waals surface area contributed by atoms with Crippen LogP contribution < -0.4 is 4.74 Å². The molecule has 2 aromatic rings. The van der Waals surface area contributed by atoms with Gasteiger partial charge in [0.15, 0.2) is 17.9 Å². The van der Waals surface area contributed by atoms with Crippen LogP contribution >= 0.6 is 0 Å². The van der Waals surface area contributed by atoms with E-state index < -0.39 is 42.2 Å². The first-order valence-electron chi connectivity index (χ1n) is 12.8. The van der Waals surface area contributed by atoms with Gasteiger partial charge in [0.1, 0.15) is 24.1 Å². The van der Waals surface area contributed by atoms with Crippen molar-refractivity contribution in [3.63, 3.8) is 0 Å². The van der Waals surface area contributed by atoms with Crippen LogP contribution in [0.4, 0.5) is 0 Å². The molecule has 0 aliphatic carbocycles. The molecule has 196 valence electrons. The number of hydrogen-bond donors (Lipinski definition) is 0. The Bertz CT molecular complexity index is 1150. The molecule has 0 aromatic heterocycles. The maximum absolute atomic E-state index is 13.8. The molecular formula is C29H33NO7. The number of carbonyl (C=O) groups excluding carboxylic acids is 1. The van der Waals surface area contributed by atoms with Crippen molar-refractivity contribution in [1.29, 1.82) is 0 Å². The number of ether oxygens (including phenoxy) is 6. The summed E-state index contributed by atoms with van der Waals surface area (Å²) in [4.78, 5) is 15.6. The van der Waals surface area contributed by atoms with E-state index in [-0.39, 0.29) is 18.1 Å². The van der Waals surface area contributed by atoms with Gasteiger partial charge >= 0.3 is 0 Å². The van der Waals surface area contributed by atoms with E-state index in [1.165, 1.54) is 0 Å². The zero-order chi connectivity index (χ0) is 25.8. The lowest BCUT2D eigenvalue weighted by Crippen LogP contribution is -2.72. The monoisotopic (exact) mass is 507 g/mol. The number of para-hydroxylation sites is 1. The van der Waals surface area contributed by atoms with E-state index in [9.17, 15) is 4.79 Å². The molecule has 37 heavy (non-hydrogen) atoms. The standard InChI is InChI=1S/C29H33NO7/c1-28(2)32-17-21(35-28)24-22(25-27(34-24)37-29(3,4)36-25)30-20(16-15-18-11-7-5-8-12-18)23(26(30)31)33-19-13-9-6-10-14-19/h5-16,20-25,27H,17H2,1-4H3/b16-15+/t20-,21+,22-,23+,24-,25+,27+/m0/s1. The van der Waals surface area contributed by atoms with E-state index in [1.807, 2.05) is 105 Å². The van der Waals surface area contributed by atoms with Crippen LogP contribution in [0.25, 0.3) is 6.08 Å². The fourth-order valence-electron chi connectivity index (χ4n) is 5.60. The third-order valence-electron chi connectivity index (χ3n) is 7.19. The number of β-lactam (4-membered cyclic amide) rings is 1. The van der Waals surface area contributed by atoms with Gasteiger partial charge in [-0.25, -0.2) is 0 Å². The van der Waals surface area contributed by atoms with Crippen molar-refractivity contribution in [1.82, 2.24) is 4.90 Å². The van der Waals surface area contributed by atoms with E-state index in [4.69, 9.17) is 28.4 Å². The molecular weight excluding hydrogens is 474 g/mol. The lowest BCUT2D eigenvalue weighted by Gasteiger charge is -2.50. The minimum absolute atomic E-state index is 0.128. The number of nitrogens with zero attached hydrogens (tertiary/aromatic N) is 1. The smallest absolute Gasteiger partial charge is 0.267 e. The Labute approximate surface area is 217 Å². The highest BCUT2D eigenvalue weighted by Gasteiger charge is 2.65. The molecule has 1 amide bonds. The quantitative estimate of drug-likeness (QED) is 0.551. The molecule has 4 aliphatic rings. The number of hydrogen-bond acceptors (Lipinski definition) is 7. The van der Waals surface area contributed by atoms with Crippen molar-refractivity contribution in [3.05, 3.63) is 72.3 Å². The van der Waals surface area contributed by atoms with E-state index in [0.717, 1.165) is 5.56 Å². The van der Waals surface area contributed by atoms with Gasteiger partial charge in [-0.1, -0.05) is 60.7 Å². The Morgan fingerprint density at radius 3 is 2.27 bits per heavy atom. The number of benzene rings is 2. The summed E-state index contributed by atoms with van der Waals surface area (Å²) in [5.41, 5.74) is 1.04. The van der Waals surface area contributed by atoms with Crippen LogP contribution in [0, 0.1) is 0 Å². The van der Waals surface area contributed by atoms with Crippen LogP contribution in [0.15, 0.2) is 66.7 Å². The molecule has 2 aromatic carbocycles. The summed E-state index contributed by atoms with van der Waals surface area (Å²) in [5.74, 6) is -1.04. The lowest BCUT2D eigenvalue weighted by atomic mass is 9.89. The van der Waals surface area contributed by atoms with E-state index in [2.05, 4.69) is 0 Å². The molecule has 7 atom stereocenters. The summed E-state index contributed by atoms with van der Waals surface area (Å²) in [5, 5.41) is 0. The summed E-state index contributed by atoms with van der Waals surface area (Å²) < 4.78 is 36.9. The lowest BCUT2D eigenvalue weighted by molar-refractivity contribution is -0.232. The zero-order valence-corrected chi connectivity index (χ0v) is 21.5. The normalized spacial score (nSPS) is 36.1. The Morgan fingerprint density at radius 2 is 1.59 bits per heavy atom. The van der Waals surface area contributed by atoms with Gasteiger partial charge in [-0.05, 0) is 45.4 Å². The van der Waals surface area contributed by atoms with Crippen LogP contribution in [0.2, 0.25) is 0 Å². The zero-order valence-electron chi connectivity index (χ0n) is 21.5. The molecule has 4 saturated heterocycles. The molecule has 0 N–H and O–H groups in total. The average molecular weight is 508 g/mol. The number of amides is 1. The Kier molecular flexibility index (Phi) is 6.12. The highest BCUT2D eigenvalue weighted by Crippen LogP contribution is 2.45. The minimum atomic E-state index is -0.825. The molecule has 0 bridgehead atoms. The average Bonchev–Trinajstić information content (AvgIpc) is 3.50. The molecule has 0 spiro atoms. The Morgan fingerprint density at radius 1 is 0.892 bits per heavy atom. The van der Waals surface area contributed by atoms with Crippen LogP contribution in [-0.2, 0) is 28.5 Å². The summed E-state index contributed by atoms with van der Waals surface area (Å²) in [6.45, 7) is 7.80. The van der Waals surface area contributed by atoms with Crippen molar-refractivity contribution >= 4 is 12.0 Å². The topological polar surface area (TPSA) is 75.7 Å². The minimum Gasteiger partial charge on any atom is -0.478 e. The van der Waals surface area contributed by atoms with Gasteiger partial charge in [0.2, 0.25) is 6.10 Å². The van der Waals surface area contributed by atoms with Crippen molar-refractivity contribution in [3.8, 4) is 5.75 Å². The van der Waals surface area contributed by atoms with E-state index in [1.54, 1.807) is 0 Å². The van der Waals surface area contributed by atoms with Gasteiger partial charge in [-0.3, -0.25) is 4.79 Å². The third-order valence-corrected chi connectivity index (χ3v) is 7.19. The summed E-state index contributed by atoms with van der Waals surface area (Å²) in [6, 6.07) is 18.6. The molecule has 4 aliphatic heterocycles. The second-order valence-corrected chi connectivity index (χ2v) is 10.8. The predicted molar refractivity (Wildman–Crippen MR) is 134 cm³/mol. The highest BCUT2D eigenvalue weighted by atomic mass is 16.8. The van der Waals surface area contributed by atoms with Crippen LogP contribution in [0.5, 0.6) is 5.75 Å². The van der Waals surface area contributed by atoms with Crippen molar-refractivity contribution in [2.75, 3.05) is 6.61 Å². The van der Waals surface area contributed by atoms with Gasteiger partial charge < -0.3 is 33.3 Å². The first-order chi connectivity index (χ1) is 17.7. The SMILES string of the molecule is CC1(C)O[C@H]2O[C@@H]([C@H]3COC(C)(C)O3)[C@H](N3C(=O)[C@H](Oc4ccccc4)[C@@H]3/C=C/c3ccccc3)[C@H]2O1. The second kappa shape index (κ2) is 9.22. The molecule has 8 nitrogen and oxygen atoms in total. The Balaban J connectivity index is 1.33. The number of likely N-dealkylation sites (tertiary alicyclic amines) is 1. The molecule has 4 heterocycles. The first-order valence-corrected chi connectivity index (χ1v) is 12.8. The van der Waals surface area contributed by atoms with Gasteiger partial charge in [0.05, 0.1) is 18.7 Å². The van der Waals surface area contributed by atoms with Crippen LogP contribution in [0.3, 0.4) is 0 Å². The Hall–Kier alpha value is -2.75. The van der Waals surface area contributed by atoms with Gasteiger partial charge in [0.25, 0.3) is 5.91 Å². The van der Waals surface area contributed by atoms with E-state index >= 15 is 0 Å². The molecule has 0 unspecified atom stereocenters. The maximum Gasteiger partial charge on any atom is 0.267 e. The fourth-order valence-corrected chi connectivity index (χ4v) is 5.60. The van der Waals surface area contributed by atoms with Gasteiger partial charge in [-0.2, -0.15) is 0 Å². The number of rotatable bonds is 6. The maximum atomic E-state index is 13.8. The fraction of sp³-hybridized carbons (Fsp3) is 0.483. The largest absolute Gasteiger partial charge is 0.478 e. The van der Waals surface area contributed by atoms with Crippen molar-refractivity contribution in [2.45, 2.75) is 82.1 Å². The number of fused-ring (bicyclic) bond motifs is 1. The highest BCUT2D eigenvalue weighted by molar-refractivity contribution is 5.90. The summed E-state index contributed by atoms with van der Waals surface area (Å²) in [7, 11) is 0. The van der Waals surface area contributed by atoms with Crippen molar-refractivity contribution in [2.24, 2.45) is 0 Å². The molecule has 4 fully saturated rings. The molecule has 0 radical (unpaired) electrons. The molecule has 8 heteroatoms. The van der Waals surface area contributed by atoms with Crippen LogP contribution in [-0.4, -0.2) is 71.8 Å². The van der Waals surface area contributed by atoms with Gasteiger partial charge in [0, 0.05) is 0 Å². The first kappa shape index (κ1) is 24.6. The second-order valence-electron chi connectivity index (χ2n) is 10.8. The van der Waals surface area contributed by atoms with Crippen LogP contribution in [0.1, 0.15) is 33.3 Å². The van der Waals surface area contributed by atoms with E-state index in [0.29, 0.717) is 12.4 Å². The predicted octanol–water partition coefficient (Wildman–Crippen LogP) is 3.75. The molecule has 6 rings (SSSR count). The summed E-state index contributed by atoms with van der Waals surface area (Å²) in [6.07, 6.45) is 1.42.